The number of nitrogens with zero attached hydrogens (tertiary/aromatic N) is 1. The lowest BCUT2D eigenvalue weighted by Crippen LogP contribution is -2.62. The van der Waals surface area contributed by atoms with E-state index in [1.165, 1.54) is 30.4 Å². The van der Waals surface area contributed by atoms with E-state index in [1.54, 1.807) is 11.8 Å². The fourth-order valence-corrected chi connectivity index (χ4v) is 3.14. The molecule has 1 N–H and O–H groups in total. The van der Waals surface area contributed by atoms with Gasteiger partial charge in [-0.1, -0.05) is 18.2 Å². The Bertz CT molecular complexity index is 499. The normalized spacial score (nSPS) is 20.6. The Hall–Kier alpha value is -1.35. The van der Waals surface area contributed by atoms with Crippen LogP contribution in [0.3, 0.4) is 0 Å². The van der Waals surface area contributed by atoms with Crippen LogP contribution in [0.2, 0.25) is 0 Å². The molecule has 2 aliphatic rings. The van der Waals surface area contributed by atoms with Gasteiger partial charge >= 0.3 is 0 Å². The zero-order valence-corrected chi connectivity index (χ0v) is 11.5. The number of hydrogen-bond donors (Lipinski definition) is 1. The van der Waals surface area contributed by atoms with Crippen LogP contribution in [0.5, 0.6) is 0 Å². The molecule has 1 amide bonds. The molecule has 1 aliphatic carbocycles. The molecule has 1 fully saturated rings. The molecule has 0 saturated carbocycles. The Labute approximate surface area is 114 Å². The lowest BCUT2D eigenvalue weighted by atomic mass is 9.89. The third kappa shape index (κ3) is 2.66. The number of carbonyl (C=O) groups is 1. The van der Waals surface area contributed by atoms with E-state index in [2.05, 4.69) is 18.2 Å². The predicted octanol–water partition coefficient (Wildman–Crippen LogP) is 1.70. The molecule has 0 spiro atoms. The summed E-state index contributed by atoms with van der Waals surface area (Å²) in [6, 6.07) is 6.47. The first-order valence-corrected chi connectivity index (χ1v) is 7.14. The maximum Gasteiger partial charge on any atom is 0.227 e. The second kappa shape index (κ2) is 4.64. The zero-order valence-electron chi connectivity index (χ0n) is 11.5. The Morgan fingerprint density at radius 2 is 1.95 bits per heavy atom. The van der Waals surface area contributed by atoms with E-state index in [0.717, 1.165) is 12.0 Å². The van der Waals surface area contributed by atoms with Crippen molar-refractivity contribution in [1.29, 1.82) is 0 Å². The Morgan fingerprint density at radius 1 is 1.26 bits per heavy atom. The molecule has 3 heteroatoms. The number of amides is 1. The number of fused-ring (bicyclic) bond motifs is 1. The minimum Gasteiger partial charge on any atom is -0.386 e. The molecule has 1 heterocycles. The molecular weight excluding hydrogens is 238 g/mol. The van der Waals surface area contributed by atoms with Gasteiger partial charge < -0.3 is 10.0 Å². The van der Waals surface area contributed by atoms with Gasteiger partial charge in [0.1, 0.15) is 0 Å². The molecule has 3 rings (SSSR count). The van der Waals surface area contributed by atoms with E-state index >= 15 is 0 Å². The summed E-state index contributed by atoms with van der Waals surface area (Å²) in [7, 11) is 0. The van der Waals surface area contributed by atoms with Gasteiger partial charge in [0.05, 0.1) is 25.1 Å². The maximum absolute atomic E-state index is 12.1. The number of aliphatic hydroxyl groups is 1. The molecular formula is C16H21NO2. The molecule has 1 saturated heterocycles. The fraction of sp³-hybridized carbons (Fsp3) is 0.562. The minimum atomic E-state index is -0.675. The predicted molar refractivity (Wildman–Crippen MR) is 74.0 cm³/mol. The van der Waals surface area contributed by atoms with Gasteiger partial charge in [0, 0.05) is 0 Å². The number of likely N-dealkylation sites (tertiary alicyclic amines) is 1. The van der Waals surface area contributed by atoms with Crippen molar-refractivity contribution < 1.29 is 9.90 Å². The average molecular weight is 259 g/mol. The van der Waals surface area contributed by atoms with Gasteiger partial charge in [-0.25, -0.2) is 0 Å². The summed E-state index contributed by atoms with van der Waals surface area (Å²) in [5, 5.41) is 9.66. The van der Waals surface area contributed by atoms with E-state index in [0.29, 0.717) is 19.5 Å². The van der Waals surface area contributed by atoms with Crippen LogP contribution in [-0.2, 0) is 24.1 Å². The third-order valence-corrected chi connectivity index (χ3v) is 4.18. The number of rotatable bonds is 2. The van der Waals surface area contributed by atoms with Crippen LogP contribution in [0.1, 0.15) is 36.5 Å². The molecule has 0 atom stereocenters. The van der Waals surface area contributed by atoms with Crippen LogP contribution in [0.4, 0.5) is 0 Å². The van der Waals surface area contributed by atoms with Gasteiger partial charge in [-0.15, -0.1) is 0 Å². The second-order valence-electron chi connectivity index (χ2n) is 6.23. The Kier molecular flexibility index (Phi) is 3.09. The summed E-state index contributed by atoms with van der Waals surface area (Å²) >= 11 is 0. The molecule has 19 heavy (non-hydrogen) atoms. The van der Waals surface area contributed by atoms with Crippen molar-refractivity contribution in [3.05, 3.63) is 34.9 Å². The molecule has 0 unspecified atom stereocenters. The molecule has 0 aromatic heterocycles. The smallest absolute Gasteiger partial charge is 0.227 e. The molecule has 1 aromatic carbocycles. The van der Waals surface area contributed by atoms with Crippen molar-refractivity contribution in [2.45, 2.75) is 44.6 Å². The highest BCUT2D eigenvalue weighted by Gasteiger charge is 2.39. The van der Waals surface area contributed by atoms with Gasteiger partial charge in [0.25, 0.3) is 0 Å². The summed E-state index contributed by atoms with van der Waals surface area (Å²) in [5.41, 5.74) is 3.31. The van der Waals surface area contributed by atoms with E-state index < -0.39 is 5.60 Å². The summed E-state index contributed by atoms with van der Waals surface area (Å²) < 4.78 is 0. The fourth-order valence-electron chi connectivity index (χ4n) is 3.14. The van der Waals surface area contributed by atoms with Crippen LogP contribution in [0, 0.1) is 0 Å². The van der Waals surface area contributed by atoms with E-state index in [9.17, 15) is 9.90 Å². The van der Waals surface area contributed by atoms with Gasteiger partial charge in [0.15, 0.2) is 0 Å². The number of β-amino-alcohol motifs (C(OH)–C–C–N with tert-alkyl or cyclic N) is 1. The third-order valence-electron chi connectivity index (χ3n) is 4.18. The minimum absolute atomic E-state index is 0.127. The lowest BCUT2D eigenvalue weighted by molar-refractivity contribution is -0.151. The molecule has 0 bridgehead atoms. The van der Waals surface area contributed by atoms with E-state index in [1.807, 2.05) is 0 Å². The van der Waals surface area contributed by atoms with Crippen molar-refractivity contribution >= 4 is 5.91 Å². The topological polar surface area (TPSA) is 40.5 Å². The zero-order chi connectivity index (χ0) is 13.5. The van der Waals surface area contributed by atoms with Crippen molar-refractivity contribution in [3.8, 4) is 0 Å². The van der Waals surface area contributed by atoms with Crippen molar-refractivity contribution in [1.82, 2.24) is 4.90 Å². The maximum atomic E-state index is 12.1. The van der Waals surface area contributed by atoms with Crippen LogP contribution in [0.15, 0.2) is 18.2 Å². The summed E-state index contributed by atoms with van der Waals surface area (Å²) in [4.78, 5) is 13.8. The first kappa shape index (κ1) is 12.7. The van der Waals surface area contributed by atoms with Crippen molar-refractivity contribution in [3.63, 3.8) is 0 Å². The summed E-state index contributed by atoms with van der Waals surface area (Å²) in [6.45, 7) is 2.71. The summed E-state index contributed by atoms with van der Waals surface area (Å²) in [6.07, 6.45) is 5.34. The molecule has 1 aliphatic heterocycles. The largest absolute Gasteiger partial charge is 0.386 e. The quantitative estimate of drug-likeness (QED) is 0.878. The average Bonchev–Trinajstić information content (AvgIpc) is 2.35. The van der Waals surface area contributed by atoms with Crippen molar-refractivity contribution in [2.75, 3.05) is 13.1 Å². The monoisotopic (exact) mass is 259 g/mol. The SMILES string of the molecule is CC1(O)CN(C(=O)Cc2ccc3c(c2)CCCC3)C1. The lowest BCUT2D eigenvalue weighted by Gasteiger charge is -2.44. The highest BCUT2D eigenvalue weighted by molar-refractivity contribution is 5.80. The molecule has 0 radical (unpaired) electrons. The highest BCUT2D eigenvalue weighted by atomic mass is 16.3. The van der Waals surface area contributed by atoms with Crippen LogP contribution in [-0.4, -0.2) is 34.6 Å². The van der Waals surface area contributed by atoms with Crippen molar-refractivity contribution in [2.24, 2.45) is 0 Å². The molecule has 3 nitrogen and oxygen atoms in total. The number of aryl methyl sites for hydroxylation is 2. The molecule has 1 aromatic rings. The number of hydrogen-bond acceptors (Lipinski definition) is 2. The summed E-state index contributed by atoms with van der Waals surface area (Å²) in [5.74, 6) is 0.127. The van der Waals surface area contributed by atoms with Crippen LogP contribution >= 0.6 is 0 Å². The highest BCUT2D eigenvalue weighted by Crippen LogP contribution is 2.24. The van der Waals surface area contributed by atoms with E-state index in [-0.39, 0.29) is 5.91 Å². The first-order chi connectivity index (χ1) is 9.03. The van der Waals surface area contributed by atoms with Gasteiger partial charge in [-0.3, -0.25) is 4.79 Å². The van der Waals surface area contributed by atoms with Gasteiger partial charge in [-0.2, -0.15) is 0 Å². The first-order valence-electron chi connectivity index (χ1n) is 7.14. The Morgan fingerprint density at radius 3 is 2.63 bits per heavy atom. The Balaban J connectivity index is 1.65. The van der Waals surface area contributed by atoms with Gasteiger partial charge in [0.2, 0.25) is 5.91 Å². The van der Waals surface area contributed by atoms with Crippen LogP contribution < -0.4 is 0 Å². The molecule has 102 valence electrons. The van der Waals surface area contributed by atoms with Crippen LogP contribution in [0.25, 0.3) is 0 Å². The standard InChI is InChI=1S/C16H21NO2/c1-16(19)10-17(11-16)15(18)9-12-6-7-13-4-2-3-5-14(13)8-12/h6-8,19H,2-5,9-11H2,1H3. The van der Waals surface area contributed by atoms with Gasteiger partial charge in [-0.05, 0) is 49.3 Å². The number of benzene rings is 1. The van der Waals surface area contributed by atoms with E-state index in [4.69, 9.17) is 0 Å². The second-order valence-corrected chi connectivity index (χ2v) is 6.23. The number of carbonyl (C=O) groups excluding carboxylic acids is 1.